The van der Waals surface area contributed by atoms with Crippen molar-refractivity contribution in [3.05, 3.63) is 59.2 Å². The van der Waals surface area contributed by atoms with Gasteiger partial charge in [0, 0.05) is 5.69 Å². The van der Waals surface area contributed by atoms with Gasteiger partial charge < -0.3 is 15.4 Å². The zero-order chi connectivity index (χ0) is 16.1. The number of nitrogens with one attached hydrogen (secondary N) is 2. The molecule has 0 saturated heterocycles. The van der Waals surface area contributed by atoms with Gasteiger partial charge in [0.05, 0.1) is 13.2 Å². The molecule has 1 atom stereocenters. The molecule has 2 N–H and O–H groups in total. The molecule has 0 spiro atoms. The minimum atomic E-state index is 0.0974. The van der Waals surface area contributed by atoms with Gasteiger partial charge in [-0.15, -0.1) is 0 Å². The first-order valence-electron chi connectivity index (χ1n) is 7.28. The van der Waals surface area contributed by atoms with Crippen molar-refractivity contribution in [2.45, 2.75) is 26.8 Å². The Morgan fingerprint density at radius 2 is 1.91 bits per heavy atom. The zero-order valence-electron chi connectivity index (χ0n) is 13.4. The Balaban J connectivity index is 2.03. The number of benzene rings is 2. The molecule has 0 aromatic heterocycles. The third-order valence-corrected chi connectivity index (χ3v) is 3.80. The van der Waals surface area contributed by atoms with Crippen molar-refractivity contribution in [3.63, 3.8) is 0 Å². The Kier molecular flexibility index (Phi) is 5.39. The van der Waals surface area contributed by atoms with Gasteiger partial charge in [0.25, 0.3) is 0 Å². The van der Waals surface area contributed by atoms with E-state index < -0.39 is 0 Å². The summed E-state index contributed by atoms with van der Waals surface area (Å²) in [5, 5.41) is 7.19. The van der Waals surface area contributed by atoms with E-state index in [1.54, 1.807) is 7.11 Å². The van der Waals surface area contributed by atoms with Crippen molar-refractivity contribution in [2.75, 3.05) is 12.4 Å². The van der Waals surface area contributed by atoms with Gasteiger partial charge in [0.1, 0.15) is 5.75 Å². The van der Waals surface area contributed by atoms with E-state index in [0.717, 1.165) is 17.0 Å². The molecular formula is C18H22N2OS. The predicted molar refractivity (Wildman–Crippen MR) is 96.7 cm³/mol. The van der Waals surface area contributed by atoms with Gasteiger partial charge in [-0.3, -0.25) is 0 Å². The summed E-state index contributed by atoms with van der Waals surface area (Å²) < 4.78 is 5.26. The van der Waals surface area contributed by atoms with Gasteiger partial charge >= 0.3 is 0 Å². The zero-order valence-corrected chi connectivity index (χ0v) is 14.3. The molecular weight excluding hydrogens is 292 g/mol. The standard InChI is InChI=1S/C18H22N2OS/c1-12-8-9-13(2)17(10-12)20-18(22)19-14(3)15-6-5-7-16(11-15)21-4/h5-11,14H,1-4H3,(H2,19,20,22). The Hall–Kier alpha value is -2.07. The fraction of sp³-hybridized carbons (Fsp3) is 0.278. The minimum absolute atomic E-state index is 0.0974. The van der Waals surface area contributed by atoms with Crippen molar-refractivity contribution in [1.29, 1.82) is 0 Å². The van der Waals surface area contributed by atoms with Crippen LogP contribution in [-0.2, 0) is 0 Å². The number of methoxy groups -OCH3 is 1. The Labute approximate surface area is 137 Å². The van der Waals surface area contributed by atoms with E-state index in [9.17, 15) is 0 Å². The molecule has 0 aliphatic heterocycles. The van der Waals surface area contributed by atoms with Gasteiger partial charge in [-0.2, -0.15) is 0 Å². The summed E-state index contributed by atoms with van der Waals surface area (Å²) in [6.07, 6.45) is 0. The quantitative estimate of drug-likeness (QED) is 0.822. The predicted octanol–water partition coefficient (Wildman–Crippen LogP) is 4.36. The van der Waals surface area contributed by atoms with Crippen LogP contribution in [0.3, 0.4) is 0 Å². The van der Waals surface area contributed by atoms with E-state index >= 15 is 0 Å². The van der Waals surface area contributed by atoms with E-state index in [0.29, 0.717) is 5.11 Å². The first-order chi connectivity index (χ1) is 10.5. The summed E-state index contributed by atoms with van der Waals surface area (Å²) in [5.41, 5.74) is 4.54. The monoisotopic (exact) mass is 314 g/mol. The summed E-state index contributed by atoms with van der Waals surface area (Å²) in [6.45, 7) is 6.21. The van der Waals surface area contributed by atoms with E-state index in [4.69, 9.17) is 17.0 Å². The molecule has 2 rings (SSSR count). The minimum Gasteiger partial charge on any atom is -0.497 e. The van der Waals surface area contributed by atoms with E-state index in [1.807, 2.05) is 18.2 Å². The van der Waals surface area contributed by atoms with E-state index in [-0.39, 0.29) is 6.04 Å². The Bertz CT molecular complexity index is 670. The largest absolute Gasteiger partial charge is 0.497 e. The number of hydrogen-bond donors (Lipinski definition) is 2. The van der Waals surface area contributed by atoms with Crippen LogP contribution < -0.4 is 15.4 Å². The molecule has 1 unspecified atom stereocenters. The highest BCUT2D eigenvalue weighted by Gasteiger charge is 2.09. The molecule has 0 aliphatic carbocycles. The number of ether oxygens (including phenoxy) is 1. The molecule has 0 radical (unpaired) electrons. The smallest absolute Gasteiger partial charge is 0.171 e. The maximum absolute atomic E-state index is 5.42. The lowest BCUT2D eigenvalue weighted by Gasteiger charge is -2.19. The van der Waals surface area contributed by atoms with Gasteiger partial charge in [0.2, 0.25) is 0 Å². The highest BCUT2D eigenvalue weighted by atomic mass is 32.1. The van der Waals surface area contributed by atoms with Crippen LogP contribution in [0.4, 0.5) is 5.69 Å². The molecule has 2 aromatic carbocycles. The van der Waals surface area contributed by atoms with Crippen molar-refractivity contribution in [2.24, 2.45) is 0 Å². The first kappa shape index (κ1) is 16.3. The van der Waals surface area contributed by atoms with Crippen LogP contribution in [0.25, 0.3) is 0 Å². The third-order valence-electron chi connectivity index (χ3n) is 3.58. The van der Waals surface area contributed by atoms with Crippen molar-refractivity contribution in [3.8, 4) is 5.75 Å². The summed E-state index contributed by atoms with van der Waals surface area (Å²) in [6, 6.07) is 14.4. The maximum Gasteiger partial charge on any atom is 0.171 e. The lowest BCUT2D eigenvalue weighted by molar-refractivity contribution is 0.413. The fourth-order valence-corrected chi connectivity index (χ4v) is 2.51. The molecule has 4 heteroatoms. The average molecular weight is 314 g/mol. The Morgan fingerprint density at radius 3 is 2.64 bits per heavy atom. The molecule has 0 bridgehead atoms. The van der Waals surface area contributed by atoms with Gasteiger partial charge in [-0.1, -0.05) is 24.3 Å². The number of thiocarbonyl (C=S) groups is 1. The number of aryl methyl sites for hydroxylation is 2. The average Bonchev–Trinajstić information content (AvgIpc) is 2.51. The van der Waals surface area contributed by atoms with Crippen LogP contribution in [0.2, 0.25) is 0 Å². The molecule has 0 heterocycles. The molecule has 2 aromatic rings. The van der Waals surface area contributed by atoms with Crippen LogP contribution in [0.1, 0.15) is 29.7 Å². The van der Waals surface area contributed by atoms with Crippen LogP contribution in [0.5, 0.6) is 5.75 Å². The lowest BCUT2D eigenvalue weighted by atomic mass is 10.1. The molecule has 116 valence electrons. The third kappa shape index (κ3) is 4.21. The fourth-order valence-electron chi connectivity index (χ4n) is 2.22. The molecule has 22 heavy (non-hydrogen) atoms. The maximum atomic E-state index is 5.42. The molecule has 0 fully saturated rings. The van der Waals surface area contributed by atoms with Gasteiger partial charge in [0.15, 0.2) is 5.11 Å². The highest BCUT2D eigenvalue weighted by Crippen LogP contribution is 2.20. The lowest BCUT2D eigenvalue weighted by Crippen LogP contribution is -2.31. The number of hydrogen-bond acceptors (Lipinski definition) is 2. The van der Waals surface area contributed by atoms with Crippen molar-refractivity contribution in [1.82, 2.24) is 5.32 Å². The second-order valence-electron chi connectivity index (χ2n) is 5.42. The van der Waals surface area contributed by atoms with Crippen LogP contribution >= 0.6 is 12.2 Å². The summed E-state index contributed by atoms with van der Waals surface area (Å²) in [7, 11) is 1.67. The van der Waals surface area contributed by atoms with E-state index in [2.05, 4.69) is 55.7 Å². The summed E-state index contributed by atoms with van der Waals surface area (Å²) in [4.78, 5) is 0. The van der Waals surface area contributed by atoms with E-state index in [1.165, 1.54) is 11.1 Å². The first-order valence-corrected chi connectivity index (χ1v) is 7.69. The summed E-state index contributed by atoms with van der Waals surface area (Å²) >= 11 is 5.42. The normalized spacial score (nSPS) is 11.6. The van der Waals surface area contributed by atoms with Crippen LogP contribution in [0.15, 0.2) is 42.5 Å². The Morgan fingerprint density at radius 1 is 1.14 bits per heavy atom. The van der Waals surface area contributed by atoms with Gasteiger partial charge in [-0.25, -0.2) is 0 Å². The second kappa shape index (κ2) is 7.27. The van der Waals surface area contributed by atoms with Crippen LogP contribution in [-0.4, -0.2) is 12.2 Å². The number of rotatable bonds is 4. The molecule has 3 nitrogen and oxygen atoms in total. The SMILES string of the molecule is COc1cccc(C(C)NC(=S)Nc2cc(C)ccc2C)c1. The van der Waals surface area contributed by atoms with Crippen LogP contribution in [0, 0.1) is 13.8 Å². The highest BCUT2D eigenvalue weighted by molar-refractivity contribution is 7.80. The topological polar surface area (TPSA) is 33.3 Å². The van der Waals surface area contributed by atoms with Crippen molar-refractivity contribution >= 4 is 23.0 Å². The summed E-state index contributed by atoms with van der Waals surface area (Å²) in [5.74, 6) is 0.847. The molecule has 0 aliphatic rings. The number of anilines is 1. The molecule has 0 saturated carbocycles. The van der Waals surface area contributed by atoms with Gasteiger partial charge in [-0.05, 0) is 67.9 Å². The molecule has 0 amide bonds. The second-order valence-corrected chi connectivity index (χ2v) is 5.82. The van der Waals surface area contributed by atoms with Crippen molar-refractivity contribution < 1.29 is 4.74 Å².